The summed E-state index contributed by atoms with van der Waals surface area (Å²) < 4.78 is 1.83. The maximum atomic E-state index is 6.07. The smallest absolute Gasteiger partial charge is 0.124 e. The van der Waals surface area contributed by atoms with Gasteiger partial charge in [-0.05, 0) is 30.6 Å². The molecule has 1 aromatic rings. The fraction of sp³-hybridized carbons (Fsp3) is 0.769. The van der Waals surface area contributed by atoms with Crippen LogP contribution in [0, 0.1) is 11.3 Å². The van der Waals surface area contributed by atoms with E-state index in [1.807, 2.05) is 11.7 Å². The van der Waals surface area contributed by atoms with Crippen molar-refractivity contribution in [3.8, 4) is 0 Å². The van der Waals surface area contributed by atoms with E-state index < -0.39 is 0 Å². The molecule has 2 N–H and O–H groups in total. The first-order valence-electron chi connectivity index (χ1n) is 6.26. The third-order valence-corrected chi connectivity index (χ3v) is 4.47. The number of anilines is 1. The topological polar surface area (TPSA) is 43.8 Å². The molecule has 0 bridgehead atoms. The molecule has 0 spiro atoms. The van der Waals surface area contributed by atoms with Crippen LogP contribution in [0.2, 0.25) is 0 Å². The molecule has 90 valence electrons. The molecule has 1 aliphatic rings. The number of fused-ring (bicyclic) bond motifs is 1. The van der Waals surface area contributed by atoms with Gasteiger partial charge in [-0.15, -0.1) is 0 Å². The van der Waals surface area contributed by atoms with Gasteiger partial charge < -0.3 is 5.73 Å². The van der Waals surface area contributed by atoms with Crippen molar-refractivity contribution < 1.29 is 0 Å². The van der Waals surface area contributed by atoms with E-state index in [2.05, 4.69) is 25.9 Å². The lowest BCUT2D eigenvalue weighted by molar-refractivity contribution is 0.183. The van der Waals surface area contributed by atoms with Gasteiger partial charge >= 0.3 is 0 Å². The Hall–Kier alpha value is -0.990. The first-order valence-corrected chi connectivity index (χ1v) is 6.26. The first-order chi connectivity index (χ1) is 7.45. The lowest BCUT2D eigenvalue weighted by Crippen LogP contribution is -2.29. The van der Waals surface area contributed by atoms with Crippen LogP contribution in [0.1, 0.15) is 44.9 Å². The third-order valence-electron chi connectivity index (χ3n) is 4.47. The van der Waals surface area contributed by atoms with Crippen molar-refractivity contribution in [1.29, 1.82) is 0 Å². The molecule has 0 saturated heterocycles. The van der Waals surface area contributed by atoms with E-state index >= 15 is 0 Å². The van der Waals surface area contributed by atoms with Gasteiger partial charge in [0.25, 0.3) is 0 Å². The quantitative estimate of drug-likeness (QED) is 0.834. The van der Waals surface area contributed by atoms with Crippen molar-refractivity contribution in [2.75, 3.05) is 5.73 Å². The minimum Gasteiger partial charge on any atom is -0.384 e. The molecule has 1 heterocycles. The van der Waals surface area contributed by atoms with E-state index in [9.17, 15) is 0 Å². The Morgan fingerprint density at radius 1 is 1.50 bits per heavy atom. The van der Waals surface area contributed by atoms with Crippen LogP contribution in [-0.2, 0) is 19.9 Å². The molecule has 3 nitrogen and oxygen atoms in total. The van der Waals surface area contributed by atoms with E-state index in [1.54, 1.807) is 0 Å². The highest BCUT2D eigenvalue weighted by Gasteiger charge is 2.33. The van der Waals surface area contributed by atoms with Crippen LogP contribution >= 0.6 is 0 Å². The van der Waals surface area contributed by atoms with Crippen molar-refractivity contribution in [2.24, 2.45) is 18.4 Å². The summed E-state index contributed by atoms with van der Waals surface area (Å²) in [4.78, 5) is 0. The number of hydrogen-bond donors (Lipinski definition) is 1. The van der Waals surface area contributed by atoms with E-state index in [0.717, 1.165) is 24.6 Å². The highest BCUT2D eigenvalue weighted by atomic mass is 15.3. The van der Waals surface area contributed by atoms with Gasteiger partial charge in [0.15, 0.2) is 0 Å². The van der Waals surface area contributed by atoms with E-state index in [4.69, 9.17) is 5.73 Å². The Kier molecular flexibility index (Phi) is 2.72. The predicted octanol–water partition coefficient (Wildman–Crippen LogP) is 2.54. The summed E-state index contributed by atoms with van der Waals surface area (Å²) in [6.07, 6.45) is 4.68. The van der Waals surface area contributed by atoms with Gasteiger partial charge in [0.05, 0.1) is 5.69 Å². The number of aromatic nitrogens is 2. The van der Waals surface area contributed by atoms with Crippen LogP contribution in [-0.4, -0.2) is 9.78 Å². The molecular formula is C13H23N3. The molecule has 1 atom stereocenters. The minimum absolute atomic E-state index is 0.417. The Morgan fingerprint density at radius 2 is 2.19 bits per heavy atom. The molecule has 3 heteroatoms. The number of aryl methyl sites for hydroxylation is 2. The van der Waals surface area contributed by atoms with Gasteiger partial charge in [-0.2, -0.15) is 5.10 Å². The summed E-state index contributed by atoms with van der Waals surface area (Å²) in [5, 5.41) is 4.48. The standard InChI is InChI=1S/C13H23N3/c1-5-13(2,3)9-6-7-11-10(8-9)12(14)16(4)15-11/h9H,5-8,14H2,1-4H3. The zero-order valence-electron chi connectivity index (χ0n) is 10.9. The molecular weight excluding hydrogens is 198 g/mol. The highest BCUT2D eigenvalue weighted by Crippen LogP contribution is 2.40. The normalized spacial score (nSPS) is 20.9. The van der Waals surface area contributed by atoms with Crippen molar-refractivity contribution >= 4 is 5.82 Å². The van der Waals surface area contributed by atoms with E-state index in [0.29, 0.717) is 5.41 Å². The van der Waals surface area contributed by atoms with Gasteiger partial charge in [0.2, 0.25) is 0 Å². The second-order valence-electron chi connectivity index (χ2n) is 5.72. The zero-order valence-corrected chi connectivity index (χ0v) is 10.9. The van der Waals surface area contributed by atoms with Gasteiger partial charge in [0.1, 0.15) is 5.82 Å². The van der Waals surface area contributed by atoms with Crippen molar-refractivity contribution in [1.82, 2.24) is 9.78 Å². The summed E-state index contributed by atoms with van der Waals surface area (Å²) in [7, 11) is 1.94. The maximum absolute atomic E-state index is 6.07. The zero-order chi connectivity index (χ0) is 11.9. The molecule has 0 radical (unpaired) electrons. The fourth-order valence-corrected chi connectivity index (χ4v) is 2.68. The van der Waals surface area contributed by atoms with E-state index in [1.165, 1.54) is 24.1 Å². The Labute approximate surface area is 98.0 Å². The lowest BCUT2D eigenvalue weighted by atomic mass is 9.69. The van der Waals surface area contributed by atoms with Crippen molar-refractivity contribution in [3.05, 3.63) is 11.3 Å². The SMILES string of the molecule is CCC(C)(C)C1CCc2nn(C)c(N)c2C1. The monoisotopic (exact) mass is 221 g/mol. The van der Waals surface area contributed by atoms with Gasteiger partial charge in [-0.3, -0.25) is 4.68 Å². The van der Waals surface area contributed by atoms with Crippen LogP contribution < -0.4 is 5.73 Å². The largest absolute Gasteiger partial charge is 0.384 e. The number of rotatable bonds is 2. The van der Waals surface area contributed by atoms with Crippen molar-refractivity contribution in [3.63, 3.8) is 0 Å². The Bertz CT molecular complexity index is 390. The van der Waals surface area contributed by atoms with E-state index in [-0.39, 0.29) is 0 Å². The minimum atomic E-state index is 0.417. The summed E-state index contributed by atoms with van der Waals surface area (Å²) in [6.45, 7) is 7.02. The molecule has 2 rings (SSSR count). The molecule has 1 unspecified atom stereocenters. The second kappa shape index (κ2) is 3.79. The number of nitrogens with zero attached hydrogens (tertiary/aromatic N) is 2. The number of hydrogen-bond acceptors (Lipinski definition) is 2. The average Bonchev–Trinajstić information content (AvgIpc) is 2.55. The van der Waals surface area contributed by atoms with Crippen LogP contribution in [0.15, 0.2) is 0 Å². The van der Waals surface area contributed by atoms with Crippen LogP contribution in [0.3, 0.4) is 0 Å². The first kappa shape index (κ1) is 11.5. The number of nitrogen functional groups attached to an aromatic ring is 1. The molecule has 16 heavy (non-hydrogen) atoms. The van der Waals surface area contributed by atoms with Gasteiger partial charge in [-0.1, -0.05) is 27.2 Å². The summed E-state index contributed by atoms with van der Waals surface area (Å²) in [5.74, 6) is 1.61. The average molecular weight is 221 g/mol. The van der Waals surface area contributed by atoms with Crippen LogP contribution in [0.4, 0.5) is 5.82 Å². The molecule has 0 fully saturated rings. The fourth-order valence-electron chi connectivity index (χ4n) is 2.68. The molecule has 0 aliphatic heterocycles. The van der Waals surface area contributed by atoms with Crippen LogP contribution in [0.25, 0.3) is 0 Å². The third kappa shape index (κ3) is 1.72. The molecule has 0 amide bonds. The van der Waals surface area contributed by atoms with Gasteiger partial charge in [-0.25, -0.2) is 0 Å². The van der Waals surface area contributed by atoms with Gasteiger partial charge in [0, 0.05) is 12.6 Å². The highest BCUT2D eigenvalue weighted by molar-refractivity contribution is 5.45. The summed E-state index contributed by atoms with van der Waals surface area (Å²) in [5.41, 5.74) is 9.02. The molecule has 0 aromatic carbocycles. The molecule has 0 saturated carbocycles. The lowest BCUT2D eigenvalue weighted by Gasteiger charge is -2.36. The number of nitrogens with two attached hydrogens (primary N) is 1. The van der Waals surface area contributed by atoms with Crippen molar-refractivity contribution in [2.45, 2.75) is 46.5 Å². The summed E-state index contributed by atoms with van der Waals surface area (Å²) >= 11 is 0. The summed E-state index contributed by atoms with van der Waals surface area (Å²) in [6, 6.07) is 0. The Morgan fingerprint density at radius 3 is 2.81 bits per heavy atom. The predicted molar refractivity (Wildman–Crippen MR) is 67.2 cm³/mol. The Balaban J connectivity index is 2.26. The second-order valence-corrected chi connectivity index (χ2v) is 5.72. The molecule has 1 aliphatic carbocycles. The maximum Gasteiger partial charge on any atom is 0.124 e. The van der Waals surface area contributed by atoms with Crippen LogP contribution in [0.5, 0.6) is 0 Å². The molecule has 1 aromatic heterocycles.